The van der Waals surface area contributed by atoms with Gasteiger partial charge >= 0.3 is 0 Å². The lowest BCUT2D eigenvalue weighted by atomic mass is 10.0. The Labute approximate surface area is 127 Å². The van der Waals surface area contributed by atoms with Gasteiger partial charge in [-0.3, -0.25) is 0 Å². The number of hydrogen-bond donors (Lipinski definition) is 1. The van der Waals surface area contributed by atoms with Crippen molar-refractivity contribution >= 4 is 5.82 Å². The van der Waals surface area contributed by atoms with E-state index in [2.05, 4.69) is 55.0 Å². The molecule has 0 amide bonds. The molecule has 0 fully saturated rings. The minimum atomic E-state index is 0.497. The maximum absolute atomic E-state index is 4.92. The molecule has 0 unspecified atom stereocenters. The van der Waals surface area contributed by atoms with E-state index in [9.17, 15) is 0 Å². The van der Waals surface area contributed by atoms with Crippen molar-refractivity contribution in [3.63, 3.8) is 0 Å². The number of fused-ring (bicyclic) bond motifs is 1. The van der Waals surface area contributed by atoms with Crippen LogP contribution in [0.2, 0.25) is 0 Å². The Morgan fingerprint density at radius 3 is 2.81 bits per heavy atom. The molecule has 0 radical (unpaired) electrons. The van der Waals surface area contributed by atoms with Gasteiger partial charge in [-0.25, -0.2) is 4.68 Å². The Balaban J connectivity index is 2.17. The van der Waals surface area contributed by atoms with E-state index in [4.69, 9.17) is 5.10 Å². The van der Waals surface area contributed by atoms with Crippen molar-refractivity contribution in [1.82, 2.24) is 9.78 Å². The standard InChI is InChI=1S/C18H25N3/c1-4-16-15-10-7-8-12-19-18(15)21(20-16)17-11-6-5-9-14(17)13(2)3/h5-6,9,11,13,19H,4,7-8,10,12H2,1-3H3. The summed E-state index contributed by atoms with van der Waals surface area (Å²) in [5.74, 6) is 1.72. The molecule has 112 valence electrons. The van der Waals surface area contributed by atoms with Gasteiger partial charge in [-0.15, -0.1) is 0 Å². The molecule has 3 rings (SSSR count). The van der Waals surface area contributed by atoms with Crippen molar-refractivity contribution in [2.75, 3.05) is 11.9 Å². The summed E-state index contributed by atoms with van der Waals surface area (Å²) in [5.41, 5.74) is 5.25. The number of aryl methyl sites for hydroxylation is 1. The first kappa shape index (κ1) is 14.2. The van der Waals surface area contributed by atoms with Gasteiger partial charge in [-0.1, -0.05) is 39.0 Å². The molecule has 21 heavy (non-hydrogen) atoms. The highest BCUT2D eigenvalue weighted by atomic mass is 15.3. The third-order valence-corrected chi connectivity index (χ3v) is 4.33. The second-order valence-corrected chi connectivity index (χ2v) is 6.14. The fraction of sp³-hybridized carbons (Fsp3) is 0.500. The fourth-order valence-electron chi connectivity index (χ4n) is 3.20. The zero-order valence-corrected chi connectivity index (χ0v) is 13.3. The van der Waals surface area contributed by atoms with E-state index >= 15 is 0 Å². The second-order valence-electron chi connectivity index (χ2n) is 6.14. The molecule has 2 aromatic rings. The second kappa shape index (κ2) is 5.92. The minimum absolute atomic E-state index is 0.497. The monoisotopic (exact) mass is 283 g/mol. The Bertz CT molecular complexity index is 625. The number of nitrogens with one attached hydrogen (secondary N) is 1. The topological polar surface area (TPSA) is 29.9 Å². The average Bonchev–Trinajstić information content (AvgIpc) is 2.68. The van der Waals surface area contributed by atoms with Gasteiger partial charge < -0.3 is 5.32 Å². The molecular formula is C18H25N3. The molecular weight excluding hydrogens is 258 g/mol. The molecule has 0 bridgehead atoms. The van der Waals surface area contributed by atoms with Gasteiger partial charge in [0, 0.05) is 12.1 Å². The van der Waals surface area contributed by atoms with Crippen LogP contribution >= 0.6 is 0 Å². The van der Waals surface area contributed by atoms with Gasteiger partial charge in [-0.05, 0) is 43.2 Å². The third kappa shape index (κ3) is 2.57. The number of nitrogens with zero attached hydrogens (tertiary/aromatic N) is 2. The van der Waals surface area contributed by atoms with E-state index in [1.54, 1.807) is 0 Å². The average molecular weight is 283 g/mol. The molecule has 1 aromatic heterocycles. The van der Waals surface area contributed by atoms with Gasteiger partial charge in [0.2, 0.25) is 0 Å². The summed E-state index contributed by atoms with van der Waals surface area (Å²) in [4.78, 5) is 0. The fourth-order valence-corrected chi connectivity index (χ4v) is 3.20. The Kier molecular flexibility index (Phi) is 4.00. The largest absolute Gasteiger partial charge is 0.370 e. The number of benzene rings is 1. The highest BCUT2D eigenvalue weighted by molar-refractivity contribution is 5.56. The van der Waals surface area contributed by atoms with E-state index in [-0.39, 0.29) is 0 Å². The van der Waals surface area contributed by atoms with Crippen LogP contribution in [0.25, 0.3) is 5.69 Å². The molecule has 1 aliphatic heterocycles. The van der Waals surface area contributed by atoms with E-state index in [1.165, 1.54) is 41.2 Å². The van der Waals surface area contributed by atoms with E-state index in [0.29, 0.717) is 5.92 Å². The van der Waals surface area contributed by atoms with Crippen molar-refractivity contribution in [2.24, 2.45) is 0 Å². The summed E-state index contributed by atoms with van der Waals surface area (Å²) in [7, 11) is 0. The number of rotatable bonds is 3. The Morgan fingerprint density at radius 1 is 1.24 bits per heavy atom. The molecule has 1 aromatic carbocycles. The van der Waals surface area contributed by atoms with E-state index in [0.717, 1.165) is 19.4 Å². The highest BCUT2D eigenvalue weighted by Crippen LogP contribution is 2.31. The molecule has 0 spiro atoms. The molecule has 0 saturated heterocycles. The van der Waals surface area contributed by atoms with Crippen LogP contribution in [0.3, 0.4) is 0 Å². The van der Waals surface area contributed by atoms with Gasteiger partial charge in [-0.2, -0.15) is 5.10 Å². The van der Waals surface area contributed by atoms with Gasteiger partial charge in [0.25, 0.3) is 0 Å². The third-order valence-electron chi connectivity index (χ3n) is 4.33. The van der Waals surface area contributed by atoms with Crippen LogP contribution in [0.1, 0.15) is 56.4 Å². The van der Waals surface area contributed by atoms with E-state index in [1.807, 2.05) is 0 Å². The number of aromatic nitrogens is 2. The lowest BCUT2D eigenvalue weighted by Crippen LogP contribution is -2.09. The predicted octanol–water partition coefficient (Wildman–Crippen LogP) is 4.31. The first-order valence-electron chi connectivity index (χ1n) is 8.16. The van der Waals surface area contributed by atoms with Crippen molar-refractivity contribution in [2.45, 2.75) is 52.4 Å². The van der Waals surface area contributed by atoms with Crippen LogP contribution in [0.5, 0.6) is 0 Å². The van der Waals surface area contributed by atoms with Crippen LogP contribution in [-0.4, -0.2) is 16.3 Å². The quantitative estimate of drug-likeness (QED) is 0.910. The molecule has 3 heteroatoms. The van der Waals surface area contributed by atoms with Crippen LogP contribution in [-0.2, 0) is 12.8 Å². The molecule has 1 aliphatic rings. The minimum Gasteiger partial charge on any atom is -0.370 e. The summed E-state index contributed by atoms with van der Waals surface area (Å²) < 4.78 is 2.15. The first-order valence-corrected chi connectivity index (χ1v) is 8.16. The van der Waals surface area contributed by atoms with Gasteiger partial charge in [0.1, 0.15) is 5.82 Å². The van der Waals surface area contributed by atoms with E-state index < -0.39 is 0 Å². The normalized spacial score (nSPS) is 14.7. The van der Waals surface area contributed by atoms with Gasteiger partial charge in [0.15, 0.2) is 0 Å². The van der Waals surface area contributed by atoms with Crippen molar-refractivity contribution in [1.29, 1.82) is 0 Å². The highest BCUT2D eigenvalue weighted by Gasteiger charge is 2.21. The van der Waals surface area contributed by atoms with Crippen LogP contribution in [0.15, 0.2) is 24.3 Å². The summed E-state index contributed by atoms with van der Waals surface area (Å²) in [5, 5.41) is 8.53. The van der Waals surface area contributed by atoms with Crippen molar-refractivity contribution in [3.05, 3.63) is 41.1 Å². The number of hydrogen-bond acceptors (Lipinski definition) is 2. The zero-order valence-electron chi connectivity index (χ0n) is 13.3. The summed E-state index contributed by atoms with van der Waals surface area (Å²) >= 11 is 0. The summed E-state index contributed by atoms with van der Waals surface area (Å²) in [6.45, 7) is 7.74. The Morgan fingerprint density at radius 2 is 2.05 bits per heavy atom. The zero-order chi connectivity index (χ0) is 14.8. The molecule has 2 heterocycles. The van der Waals surface area contributed by atoms with Crippen molar-refractivity contribution in [3.8, 4) is 5.69 Å². The smallest absolute Gasteiger partial charge is 0.133 e. The maximum Gasteiger partial charge on any atom is 0.133 e. The van der Waals surface area contributed by atoms with Crippen molar-refractivity contribution < 1.29 is 0 Å². The number of anilines is 1. The SMILES string of the molecule is CCc1nn(-c2ccccc2C(C)C)c2c1CCCCN2. The molecule has 0 saturated carbocycles. The lowest BCUT2D eigenvalue weighted by molar-refractivity contribution is 0.759. The number of para-hydroxylation sites is 1. The summed E-state index contributed by atoms with van der Waals surface area (Å²) in [6.07, 6.45) is 4.64. The molecule has 0 aliphatic carbocycles. The Hall–Kier alpha value is -1.77. The maximum atomic E-state index is 4.92. The van der Waals surface area contributed by atoms with Crippen LogP contribution in [0, 0.1) is 0 Å². The van der Waals surface area contributed by atoms with Gasteiger partial charge in [0.05, 0.1) is 11.4 Å². The summed E-state index contributed by atoms with van der Waals surface area (Å²) in [6, 6.07) is 8.64. The van der Waals surface area contributed by atoms with Crippen LogP contribution in [0.4, 0.5) is 5.82 Å². The first-order chi connectivity index (χ1) is 10.2. The molecule has 0 atom stereocenters. The molecule has 3 nitrogen and oxygen atoms in total. The lowest BCUT2D eigenvalue weighted by Gasteiger charge is -2.15. The van der Waals surface area contributed by atoms with Crippen LogP contribution < -0.4 is 5.32 Å². The predicted molar refractivity (Wildman–Crippen MR) is 88.5 cm³/mol. The molecule has 1 N–H and O–H groups in total.